The summed E-state index contributed by atoms with van der Waals surface area (Å²) in [5.74, 6) is 1.20. The Bertz CT molecular complexity index is 1140. The fraction of sp³-hybridized carbons (Fsp3) is 0.486. The maximum atomic E-state index is 13.4. The van der Waals surface area contributed by atoms with Crippen molar-refractivity contribution in [2.24, 2.45) is 29.4 Å². The van der Waals surface area contributed by atoms with E-state index in [-0.39, 0.29) is 11.9 Å². The van der Waals surface area contributed by atoms with Gasteiger partial charge in [0.15, 0.2) is 0 Å². The van der Waals surface area contributed by atoms with Gasteiger partial charge in [-0.1, -0.05) is 99.4 Å². The molecule has 0 saturated heterocycles. The predicted molar refractivity (Wildman–Crippen MR) is 163 cm³/mol. The molecule has 0 bridgehead atoms. The number of rotatable bonds is 11. The summed E-state index contributed by atoms with van der Waals surface area (Å²) in [4.78, 5) is 26.5. The van der Waals surface area contributed by atoms with Crippen molar-refractivity contribution in [2.45, 2.75) is 76.7 Å². The topological polar surface area (TPSA) is 81.4 Å². The van der Waals surface area contributed by atoms with Crippen LogP contribution in [-0.2, 0) is 20.7 Å². The van der Waals surface area contributed by atoms with Crippen LogP contribution in [0.15, 0.2) is 67.3 Å². The van der Waals surface area contributed by atoms with Gasteiger partial charge in [0, 0.05) is 12.1 Å². The first-order valence-corrected chi connectivity index (χ1v) is 15.1. The molecule has 2 aromatic rings. The van der Waals surface area contributed by atoms with Crippen LogP contribution in [0.2, 0.25) is 0 Å². The molecular weight excluding hydrogens is 496 g/mol. The Labute approximate surface area is 240 Å². The van der Waals surface area contributed by atoms with Crippen LogP contribution >= 0.6 is 0 Å². The van der Waals surface area contributed by atoms with E-state index in [1.54, 1.807) is 0 Å². The largest absolute Gasteiger partial charge is 0.469 e. The van der Waals surface area contributed by atoms with Gasteiger partial charge in [0.1, 0.15) is 0 Å². The van der Waals surface area contributed by atoms with Crippen molar-refractivity contribution < 1.29 is 14.3 Å². The van der Waals surface area contributed by atoms with Gasteiger partial charge in [-0.25, -0.2) is 0 Å². The first-order chi connectivity index (χ1) is 19.4. The lowest BCUT2D eigenvalue weighted by atomic mass is 9.70. The molecule has 0 heterocycles. The molecule has 3 N–H and O–H groups in total. The molecule has 4 rings (SSSR count). The van der Waals surface area contributed by atoms with Crippen LogP contribution in [0.1, 0.15) is 80.9 Å². The predicted octanol–water partition coefficient (Wildman–Crippen LogP) is 6.92. The molecule has 2 aliphatic rings. The third-order valence-electron chi connectivity index (χ3n) is 9.00. The lowest BCUT2D eigenvalue weighted by Crippen LogP contribution is -2.44. The van der Waals surface area contributed by atoms with Gasteiger partial charge in [-0.05, 0) is 72.6 Å². The molecule has 1 amide bonds. The number of benzene rings is 2. The number of methoxy groups -OCH3 is 1. The second-order valence-corrected chi connectivity index (χ2v) is 11.8. The molecule has 2 aromatic carbocycles. The standard InChI is InChI=1S/C35H46N2O3/c1-25(36)31-15-9-12-28(22-31)23-32(35(39)40-2)33(21-18-26-10-5-3-6-11-26)37-34(38)24-27-16-19-30(20-17-27)29-13-7-4-8-14-29/h3,5-6,9-12,15,18,21-22,27,29-30,32-33H,1,4,7-8,13-14,16-17,19-20,23-24,36H2,2H3,(H,37,38)/b21-18+. The summed E-state index contributed by atoms with van der Waals surface area (Å²) in [7, 11) is 1.40. The van der Waals surface area contributed by atoms with E-state index >= 15 is 0 Å². The third kappa shape index (κ3) is 8.58. The van der Waals surface area contributed by atoms with Gasteiger partial charge in [0.2, 0.25) is 5.91 Å². The lowest BCUT2D eigenvalue weighted by molar-refractivity contribution is -0.146. The highest BCUT2D eigenvalue weighted by atomic mass is 16.5. The summed E-state index contributed by atoms with van der Waals surface area (Å²) in [6.07, 6.45) is 16.5. The van der Waals surface area contributed by atoms with Gasteiger partial charge in [-0.3, -0.25) is 9.59 Å². The molecule has 2 aliphatic carbocycles. The van der Waals surface area contributed by atoms with Crippen molar-refractivity contribution in [3.8, 4) is 0 Å². The lowest BCUT2D eigenvalue weighted by Gasteiger charge is -2.36. The number of esters is 1. The highest BCUT2D eigenvalue weighted by Gasteiger charge is 2.32. The van der Waals surface area contributed by atoms with Crippen LogP contribution in [0, 0.1) is 23.7 Å². The average Bonchev–Trinajstić information content (AvgIpc) is 2.99. The minimum absolute atomic E-state index is 0.00168. The third-order valence-corrected chi connectivity index (χ3v) is 9.00. The highest BCUT2D eigenvalue weighted by Crippen LogP contribution is 2.40. The fourth-order valence-corrected chi connectivity index (χ4v) is 6.70. The van der Waals surface area contributed by atoms with Crippen molar-refractivity contribution in [2.75, 3.05) is 7.11 Å². The Balaban J connectivity index is 1.46. The Morgan fingerprint density at radius 3 is 2.35 bits per heavy atom. The van der Waals surface area contributed by atoms with Gasteiger partial charge in [-0.2, -0.15) is 0 Å². The Morgan fingerprint density at radius 1 is 0.975 bits per heavy atom. The molecule has 214 valence electrons. The van der Waals surface area contributed by atoms with E-state index in [0.717, 1.165) is 41.4 Å². The summed E-state index contributed by atoms with van der Waals surface area (Å²) in [5.41, 5.74) is 9.17. The Hall–Kier alpha value is -3.34. The molecule has 5 nitrogen and oxygen atoms in total. The van der Waals surface area contributed by atoms with Crippen LogP contribution in [0.3, 0.4) is 0 Å². The molecular formula is C35H46N2O3. The van der Waals surface area contributed by atoms with Crippen molar-refractivity contribution in [1.82, 2.24) is 5.32 Å². The normalized spacial score (nSPS) is 21.4. The quantitative estimate of drug-likeness (QED) is 0.302. The molecule has 2 fully saturated rings. The van der Waals surface area contributed by atoms with Crippen molar-refractivity contribution >= 4 is 23.6 Å². The van der Waals surface area contributed by atoms with Gasteiger partial charge >= 0.3 is 5.97 Å². The zero-order chi connectivity index (χ0) is 28.3. The number of carbonyl (C=O) groups excluding carboxylic acids is 2. The molecule has 0 radical (unpaired) electrons. The maximum Gasteiger partial charge on any atom is 0.311 e. The van der Waals surface area contributed by atoms with Crippen LogP contribution in [0.5, 0.6) is 0 Å². The number of hydrogen-bond donors (Lipinski definition) is 2. The fourth-order valence-electron chi connectivity index (χ4n) is 6.70. The van der Waals surface area contributed by atoms with Crippen LogP contribution < -0.4 is 11.1 Å². The molecule has 5 heteroatoms. The van der Waals surface area contributed by atoms with E-state index < -0.39 is 12.0 Å². The maximum absolute atomic E-state index is 13.4. The molecule has 2 saturated carbocycles. The Kier molecular flexibility index (Phi) is 11.0. The molecule has 40 heavy (non-hydrogen) atoms. The first-order valence-electron chi connectivity index (χ1n) is 15.1. The SMILES string of the molecule is C=C(N)c1cccc(CC(C(=O)OC)C(/C=C/c2ccccc2)NC(=O)CC2CCC(C3CCCCC3)CC2)c1. The van der Waals surface area contributed by atoms with Crippen molar-refractivity contribution in [1.29, 1.82) is 0 Å². The molecule has 2 unspecified atom stereocenters. The first kappa shape index (κ1) is 29.6. The minimum atomic E-state index is -0.586. The number of amides is 1. The van der Waals surface area contributed by atoms with Crippen molar-refractivity contribution in [3.05, 3.63) is 83.9 Å². The van der Waals surface area contributed by atoms with E-state index in [1.165, 1.54) is 52.1 Å². The average molecular weight is 543 g/mol. The highest BCUT2D eigenvalue weighted by molar-refractivity contribution is 5.80. The molecule has 0 aliphatic heterocycles. The van der Waals surface area contributed by atoms with E-state index in [2.05, 4.69) is 11.9 Å². The minimum Gasteiger partial charge on any atom is -0.469 e. The summed E-state index contributed by atoms with van der Waals surface area (Å²) in [6, 6.07) is 17.1. The van der Waals surface area contributed by atoms with Gasteiger partial charge in [0.05, 0.1) is 19.1 Å². The molecule has 0 spiro atoms. The van der Waals surface area contributed by atoms with E-state index in [1.807, 2.05) is 66.7 Å². The number of nitrogens with one attached hydrogen (secondary N) is 1. The second kappa shape index (κ2) is 14.9. The summed E-state index contributed by atoms with van der Waals surface area (Å²) in [6.45, 7) is 3.84. The summed E-state index contributed by atoms with van der Waals surface area (Å²) < 4.78 is 5.23. The van der Waals surface area contributed by atoms with Gasteiger partial charge < -0.3 is 15.8 Å². The summed E-state index contributed by atoms with van der Waals surface area (Å²) >= 11 is 0. The number of carbonyl (C=O) groups is 2. The number of ether oxygens (including phenoxy) is 1. The monoisotopic (exact) mass is 542 g/mol. The smallest absolute Gasteiger partial charge is 0.311 e. The van der Waals surface area contributed by atoms with E-state index in [9.17, 15) is 9.59 Å². The summed E-state index contributed by atoms with van der Waals surface area (Å²) in [5, 5.41) is 3.21. The van der Waals surface area contributed by atoms with Crippen molar-refractivity contribution in [3.63, 3.8) is 0 Å². The zero-order valence-electron chi connectivity index (χ0n) is 24.0. The second-order valence-electron chi connectivity index (χ2n) is 11.8. The molecule has 0 aromatic heterocycles. The van der Waals surface area contributed by atoms with E-state index in [4.69, 9.17) is 10.5 Å². The zero-order valence-corrected chi connectivity index (χ0v) is 24.0. The van der Waals surface area contributed by atoms with Crippen LogP contribution in [0.4, 0.5) is 0 Å². The Morgan fingerprint density at radius 2 is 1.68 bits per heavy atom. The van der Waals surface area contributed by atoms with Crippen LogP contribution in [-0.4, -0.2) is 25.0 Å². The van der Waals surface area contributed by atoms with Gasteiger partial charge in [0.25, 0.3) is 0 Å². The van der Waals surface area contributed by atoms with Gasteiger partial charge in [-0.15, -0.1) is 0 Å². The molecule has 2 atom stereocenters. The van der Waals surface area contributed by atoms with E-state index in [0.29, 0.717) is 24.5 Å². The van der Waals surface area contributed by atoms with Crippen LogP contribution in [0.25, 0.3) is 11.8 Å². The number of hydrogen-bond acceptors (Lipinski definition) is 4. The number of nitrogens with two attached hydrogens (primary N) is 1.